The number of nitrogens with zero attached hydrogens (tertiary/aromatic N) is 6. The number of carbonyl (C=O) groups is 2. The first-order valence-corrected chi connectivity index (χ1v) is 25.3. The summed E-state index contributed by atoms with van der Waals surface area (Å²) in [6, 6.07) is 12.8. The van der Waals surface area contributed by atoms with E-state index in [0.717, 1.165) is 35.4 Å². The monoisotopic (exact) mass is 981 g/mol. The molecule has 4 heterocycles. The molecule has 0 radical (unpaired) electrons. The van der Waals surface area contributed by atoms with E-state index in [1.807, 2.05) is 0 Å². The summed E-state index contributed by atoms with van der Waals surface area (Å²) in [5.41, 5.74) is 6.57. The molecule has 2 aliphatic rings. The summed E-state index contributed by atoms with van der Waals surface area (Å²) >= 11 is 11.7. The maximum Gasteiger partial charge on any atom is 0.339 e. The molecule has 2 fully saturated rings. The lowest BCUT2D eigenvalue weighted by Crippen LogP contribution is -2.50. The predicted octanol–water partition coefficient (Wildman–Crippen LogP) is 2.64. The number of halogens is 4. The van der Waals surface area contributed by atoms with Crippen LogP contribution in [-0.4, -0.2) is 127 Å². The molecule has 0 saturated carbocycles. The molecule has 62 heavy (non-hydrogen) atoms. The zero-order valence-corrected chi connectivity index (χ0v) is 37.4. The van der Waals surface area contributed by atoms with Gasteiger partial charge in [0.1, 0.15) is 11.6 Å². The molecule has 2 N–H and O–H groups in total. The molecule has 2 aromatic heterocycles. The summed E-state index contributed by atoms with van der Waals surface area (Å²) in [5, 5.41) is -0.538. The number of ketones is 1. The highest BCUT2D eigenvalue weighted by Gasteiger charge is 2.37. The van der Waals surface area contributed by atoms with E-state index in [0.29, 0.717) is 11.4 Å². The van der Waals surface area contributed by atoms with E-state index in [4.69, 9.17) is 28.9 Å². The molecule has 18 nitrogen and oxygen atoms in total. The van der Waals surface area contributed by atoms with Gasteiger partial charge in [-0.1, -0.05) is 23.2 Å². The van der Waals surface area contributed by atoms with Crippen molar-refractivity contribution >= 4 is 86.4 Å². The molecule has 336 valence electrons. The van der Waals surface area contributed by atoms with Crippen LogP contribution in [-0.2, 0) is 57.9 Å². The van der Waals surface area contributed by atoms with E-state index in [1.54, 1.807) is 0 Å². The average Bonchev–Trinajstić information content (AvgIpc) is 3.23. The van der Waals surface area contributed by atoms with Crippen molar-refractivity contribution in [3.63, 3.8) is 0 Å². The van der Waals surface area contributed by atoms with Crippen molar-refractivity contribution in [2.24, 2.45) is 5.73 Å². The Morgan fingerprint density at radius 3 is 1.40 bits per heavy atom. The van der Waals surface area contributed by atoms with E-state index in [9.17, 15) is 52.0 Å². The first-order valence-electron chi connectivity index (χ1n) is 18.1. The highest BCUT2D eigenvalue weighted by atomic mass is 35.5. The van der Waals surface area contributed by atoms with Crippen molar-refractivity contribution in [2.45, 2.75) is 13.1 Å². The maximum atomic E-state index is 13.6. The highest BCUT2D eigenvalue weighted by molar-refractivity contribution is 7.93. The number of sulfone groups is 2. The first kappa shape index (κ1) is 48.6. The number of aromatic nitrogens is 2. The molecular weight excluding hydrogens is 944 g/mol. The summed E-state index contributed by atoms with van der Waals surface area (Å²) in [4.78, 5) is 31.5. The fourth-order valence-electron chi connectivity index (χ4n) is 5.88. The Bertz CT molecular complexity index is 2540. The van der Waals surface area contributed by atoms with Crippen molar-refractivity contribution < 1.29 is 56.8 Å². The predicted molar refractivity (Wildman–Crippen MR) is 227 cm³/mol. The molecule has 0 aliphatic carbocycles. The zero-order valence-electron chi connectivity index (χ0n) is 32.6. The molecular formula is C36H39Cl2F2N7O11S4. The molecule has 0 atom stereocenters. The number of ether oxygens (including phenoxy) is 1. The first-order chi connectivity index (χ1) is 29.1. The van der Waals surface area contributed by atoms with E-state index >= 15 is 0 Å². The minimum Gasteiger partial charge on any atom is -0.465 e. The summed E-state index contributed by atoms with van der Waals surface area (Å²) in [6.45, 7) is -1.50. The van der Waals surface area contributed by atoms with Gasteiger partial charge >= 0.3 is 26.4 Å². The number of Topliss-reactive ketones (excluding diaryl/α,β-unsaturated/α-hetero) is 1. The summed E-state index contributed by atoms with van der Waals surface area (Å²) < 4.78 is 136. The molecule has 6 rings (SSSR count). The standard InChI is InChI=1S/C18H20ClFN4O5S2.C18H19ClFN3O6S2/c19-16-9-15(3-4-17(16)20)24(12-14-2-1-13(11-22-14)18(25)10-21)31(28,29)23-5-7-30(26,27)8-6-23;1-29-18(24)13-2-3-14(21-11-13)12-23(15-4-5-17(20)16(19)10-15)31(27,28)22-6-8-30(25,26)9-7-22/h1-4,9,11H,5-8,10,12,21H2;2-5,10-11H,6-9,12H2,1H3. The number of rotatable bonds is 13. The molecule has 2 aromatic carbocycles. The van der Waals surface area contributed by atoms with Crippen molar-refractivity contribution in [1.29, 1.82) is 0 Å². The third kappa shape index (κ3) is 12.0. The Morgan fingerprint density at radius 2 is 1.08 bits per heavy atom. The third-order valence-corrected chi connectivity index (χ3v) is 17.0. The number of anilines is 2. The van der Waals surface area contributed by atoms with Crippen molar-refractivity contribution in [1.82, 2.24) is 18.6 Å². The second-order valence-corrected chi connectivity index (χ2v) is 22.7. The molecule has 0 amide bonds. The van der Waals surface area contributed by atoms with Crippen LogP contribution < -0.4 is 14.3 Å². The lowest BCUT2D eigenvalue weighted by atomic mass is 10.2. The molecule has 4 aromatic rings. The van der Waals surface area contributed by atoms with Crippen LogP contribution >= 0.6 is 23.2 Å². The van der Waals surface area contributed by atoms with Crippen molar-refractivity contribution in [3.8, 4) is 0 Å². The second-order valence-electron chi connectivity index (χ2n) is 13.5. The fraction of sp³-hybridized carbons (Fsp3) is 0.333. The van der Waals surface area contributed by atoms with Gasteiger partial charge in [-0.15, -0.1) is 0 Å². The van der Waals surface area contributed by atoms with Gasteiger partial charge in [-0.2, -0.15) is 25.4 Å². The van der Waals surface area contributed by atoms with Crippen LogP contribution in [0.5, 0.6) is 0 Å². The van der Waals surface area contributed by atoms with Gasteiger partial charge in [0.05, 0.1) is 88.1 Å². The fourth-order valence-corrected chi connectivity index (χ4v) is 12.3. The Kier molecular flexibility index (Phi) is 15.7. The van der Waals surface area contributed by atoms with Crippen LogP contribution in [0.3, 0.4) is 0 Å². The van der Waals surface area contributed by atoms with Gasteiger partial charge in [-0.05, 0) is 60.7 Å². The zero-order chi connectivity index (χ0) is 45.6. The molecule has 0 unspecified atom stereocenters. The number of nitrogens with two attached hydrogens (primary N) is 1. The van der Waals surface area contributed by atoms with E-state index < -0.39 is 57.7 Å². The lowest BCUT2D eigenvalue weighted by molar-refractivity contribution is 0.0600. The van der Waals surface area contributed by atoms with E-state index in [2.05, 4.69) is 14.7 Å². The van der Waals surface area contributed by atoms with Crippen LogP contribution in [0, 0.1) is 11.6 Å². The van der Waals surface area contributed by atoms with Crippen LogP contribution in [0.15, 0.2) is 73.1 Å². The van der Waals surface area contributed by atoms with Gasteiger partial charge in [0, 0.05) is 44.1 Å². The third-order valence-electron chi connectivity index (χ3n) is 9.39. The van der Waals surface area contributed by atoms with Crippen LogP contribution in [0.25, 0.3) is 0 Å². The average molecular weight is 983 g/mol. The molecule has 2 saturated heterocycles. The number of carbonyl (C=O) groups excluding carboxylic acids is 2. The van der Waals surface area contributed by atoms with Gasteiger partial charge in [-0.25, -0.2) is 30.4 Å². The number of benzene rings is 2. The SMILES string of the molecule is COC(=O)c1ccc(CN(c2ccc(F)c(Cl)c2)S(=O)(=O)N2CCS(=O)(=O)CC2)nc1.NCC(=O)c1ccc(CN(c2ccc(F)c(Cl)c2)S(=O)(=O)N2CCS(=O)(=O)CC2)nc1. The lowest BCUT2D eigenvalue weighted by Gasteiger charge is -2.33. The number of hydrogen-bond acceptors (Lipinski definition) is 14. The Labute approximate surface area is 367 Å². The van der Waals surface area contributed by atoms with E-state index in [1.165, 1.54) is 62.0 Å². The largest absolute Gasteiger partial charge is 0.465 e. The van der Waals surface area contributed by atoms with Gasteiger partial charge in [0.25, 0.3) is 0 Å². The number of hydrogen-bond donors (Lipinski definition) is 1. The molecule has 0 bridgehead atoms. The summed E-state index contributed by atoms with van der Waals surface area (Å²) in [5.74, 6) is -3.52. The second kappa shape index (κ2) is 20.0. The van der Waals surface area contributed by atoms with Crippen LogP contribution in [0.1, 0.15) is 32.1 Å². The smallest absolute Gasteiger partial charge is 0.339 e. The minimum absolute atomic E-state index is 0.0821. The molecule has 26 heteroatoms. The van der Waals surface area contributed by atoms with Crippen molar-refractivity contribution in [3.05, 3.63) is 117 Å². The quantitative estimate of drug-likeness (QED) is 0.150. The Balaban J connectivity index is 0.000000234. The Hall–Kier alpha value is -4.40. The van der Waals surface area contributed by atoms with Gasteiger partial charge in [0.2, 0.25) is 0 Å². The van der Waals surface area contributed by atoms with Gasteiger partial charge in [0.15, 0.2) is 25.5 Å². The molecule has 2 aliphatic heterocycles. The Morgan fingerprint density at radius 1 is 0.694 bits per heavy atom. The number of methoxy groups -OCH3 is 1. The summed E-state index contributed by atoms with van der Waals surface area (Å²) in [6.07, 6.45) is 2.54. The summed E-state index contributed by atoms with van der Waals surface area (Å²) in [7, 11) is -13.8. The highest BCUT2D eigenvalue weighted by Crippen LogP contribution is 2.30. The van der Waals surface area contributed by atoms with Gasteiger partial charge < -0.3 is 10.5 Å². The number of pyridine rings is 2. The normalized spacial score (nSPS) is 16.7. The van der Waals surface area contributed by atoms with Crippen LogP contribution in [0.4, 0.5) is 20.2 Å². The topological polar surface area (TPSA) is 245 Å². The van der Waals surface area contributed by atoms with Gasteiger partial charge in [-0.3, -0.25) is 23.4 Å². The maximum absolute atomic E-state index is 13.6. The number of esters is 1. The van der Waals surface area contributed by atoms with Crippen molar-refractivity contribution in [2.75, 3.05) is 71.5 Å². The van der Waals surface area contributed by atoms with Crippen LogP contribution in [0.2, 0.25) is 10.0 Å². The minimum atomic E-state index is -4.20. The van der Waals surface area contributed by atoms with E-state index in [-0.39, 0.29) is 107 Å². The molecule has 0 spiro atoms.